The second kappa shape index (κ2) is 3.73. The van der Waals surface area contributed by atoms with Gasteiger partial charge in [0.25, 0.3) is 0 Å². The van der Waals surface area contributed by atoms with Gasteiger partial charge in [-0.05, 0) is 25.8 Å². The molecule has 0 spiro atoms. The fraction of sp³-hybridized carbons (Fsp3) is 0.636. The number of halogens is 1. The number of rotatable bonds is 2. The molecule has 0 bridgehead atoms. The van der Waals surface area contributed by atoms with Crippen LogP contribution < -0.4 is 0 Å². The van der Waals surface area contributed by atoms with Crippen molar-refractivity contribution in [2.45, 2.75) is 32.0 Å². The normalized spacial score (nSPS) is 22.4. The molecule has 0 N–H and O–H groups in total. The van der Waals surface area contributed by atoms with Crippen LogP contribution in [-0.4, -0.2) is 23.7 Å². The molecule has 0 unspecified atom stereocenters. The van der Waals surface area contributed by atoms with Gasteiger partial charge in [0.05, 0.1) is 12.5 Å². The Labute approximate surface area is 83.7 Å². The lowest BCUT2D eigenvalue weighted by atomic mass is 9.95. The smallest absolute Gasteiger partial charge is 0.110 e. The number of hydrogen-bond donors (Lipinski definition) is 0. The first-order valence-electron chi connectivity index (χ1n) is 5.08. The Bertz CT molecular complexity index is 271. The summed E-state index contributed by atoms with van der Waals surface area (Å²) < 4.78 is 18.5. The zero-order chi connectivity index (χ0) is 10.0. The quantitative estimate of drug-likeness (QED) is 0.724. The van der Waals surface area contributed by atoms with Crippen molar-refractivity contribution in [1.29, 1.82) is 0 Å². The van der Waals surface area contributed by atoms with Gasteiger partial charge in [-0.25, -0.2) is 4.39 Å². The lowest BCUT2D eigenvalue weighted by molar-refractivity contribution is 0.0704. The van der Waals surface area contributed by atoms with Crippen LogP contribution in [0.5, 0.6) is 0 Å². The lowest BCUT2D eigenvalue weighted by Crippen LogP contribution is -2.39. The van der Waals surface area contributed by atoms with Gasteiger partial charge >= 0.3 is 0 Å². The maximum atomic E-state index is 13.5. The first-order chi connectivity index (χ1) is 6.66. The van der Waals surface area contributed by atoms with E-state index in [2.05, 4.69) is 4.90 Å². The highest BCUT2D eigenvalue weighted by molar-refractivity contribution is 5.05. The summed E-state index contributed by atoms with van der Waals surface area (Å²) in [6.07, 6.45) is 4.72. The van der Waals surface area contributed by atoms with Gasteiger partial charge in [-0.15, -0.1) is 0 Å². The van der Waals surface area contributed by atoms with Gasteiger partial charge in [0.2, 0.25) is 0 Å². The molecule has 0 saturated carbocycles. The van der Waals surface area contributed by atoms with E-state index in [4.69, 9.17) is 4.42 Å². The summed E-state index contributed by atoms with van der Waals surface area (Å²) in [4.78, 5) is 2.27. The number of nitrogens with zero attached hydrogens (tertiary/aromatic N) is 1. The van der Waals surface area contributed by atoms with E-state index in [1.54, 1.807) is 19.5 Å². The zero-order valence-electron chi connectivity index (χ0n) is 8.50. The highest BCUT2D eigenvalue weighted by Crippen LogP contribution is 2.26. The van der Waals surface area contributed by atoms with Crippen LogP contribution >= 0.6 is 0 Å². The van der Waals surface area contributed by atoms with Crippen LogP contribution in [0.3, 0.4) is 0 Å². The van der Waals surface area contributed by atoms with Crippen molar-refractivity contribution >= 4 is 0 Å². The van der Waals surface area contributed by atoms with E-state index >= 15 is 0 Å². The van der Waals surface area contributed by atoms with Gasteiger partial charge in [-0.1, -0.05) is 0 Å². The molecule has 1 aromatic heterocycles. The Hall–Kier alpha value is -0.830. The monoisotopic (exact) mass is 197 g/mol. The average molecular weight is 197 g/mol. The fourth-order valence-electron chi connectivity index (χ4n) is 1.82. The average Bonchev–Trinajstić information content (AvgIpc) is 2.61. The van der Waals surface area contributed by atoms with Crippen molar-refractivity contribution in [1.82, 2.24) is 4.90 Å². The third-order valence-electron chi connectivity index (χ3n) is 2.88. The Kier molecular flexibility index (Phi) is 2.59. The Morgan fingerprint density at radius 2 is 2.21 bits per heavy atom. The number of piperidine rings is 1. The molecule has 2 heterocycles. The van der Waals surface area contributed by atoms with Crippen LogP contribution in [-0.2, 0) is 6.54 Å². The largest absolute Gasteiger partial charge is 0.472 e. The van der Waals surface area contributed by atoms with E-state index in [0.717, 1.165) is 19.6 Å². The number of alkyl halides is 1. The molecule has 0 aromatic carbocycles. The summed E-state index contributed by atoms with van der Waals surface area (Å²) in [6, 6.07) is 1.96. The van der Waals surface area contributed by atoms with Crippen molar-refractivity contribution in [3.05, 3.63) is 24.2 Å². The van der Waals surface area contributed by atoms with Crippen LogP contribution in [0.25, 0.3) is 0 Å². The summed E-state index contributed by atoms with van der Waals surface area (Å²) in [5.41, 5.74) is 0.222. The van der Waals surface area contributed by atoms with Crippen LogP contribution in [0, 0.1) is 0 Å². The fourth-order valence-corrected chi connectivity index (χ4v) is 1.82. The summed E-state index contributed by atoms with van der Waals surface area (Å²) in [5, 5.41) is 0. The molecule has 14 heavy (non-hydrogen) atoms. The van der Waals surface area contributed by atoms with Crippen LogP contribution in [0.1, 0.15) is 25.3 Å². The molecule has 3 heteroatoms. The molecule has 0 amide bonds. The minimum absolute atomic E-state index is 0.644. The van der Waals surface area contributed by atoms with E-state index in [1.165, 1.54) is 5.56 Å². The van der Waals surface area contributed by atoms with Crippen LogP contribution in [0.2, 0.25) is 0 Å². The molecule has 1 aliphatic rings. The molecule has 1 aliphatic heterocycles. The first kappa shape index (κ1) is 9.71. The molecule has 78 valence electrons. The van der Waals surface area contributed by atoms with E-state index < -0.39 is 5.67 Å². The van der Waals surface area contributed by atoms with Gasteiger partial charge in [0.1, 0.15) is 5.67 Å². The maximum absolute atomic E-state index is 13.5. The minimum Gasteiger partial charge on any atom is -0.472 e. The van der Waals surface area contributed by atoms with Gasteiger partial charge in [0, 0.05) is 25.2 Å². The number of hydrogen-bond acceptors (Lipinski definition) is 2. The van der Waals surface area contributed by atoms with E-state index in [-0.39, 0.29) is 0 Å². The minimum atomic E-state index is -0.951. The zero-order valence-corrected chi connectivity index (χ0v) is 8.50. The molecule has 0 aliphatic carbocycles. The highest BCUT2D eigenvalue weighted by atomic mass is 19.1. The van der Waals surface area contributed by atoms with Gasteiger partial charge in [-0.2, -0.15) is 0 Å². The molecule has 2 rings (SSSR count). The van der Waals surface area contributed by atoms with Gasteiger partial charge in [0.15, 0.2) is 0 Å². The maximum Gasteiger partial charge on any atom is 0.110 e. The summed E-state index contributed by atoms with van der Waals surface area (Å²) >= 11 is 0. The predicted molar refractivity (Wildman–Crippen MR) is 52.7 cm³/mol. The second-order valence-corrected chi connectivity index (χ2v) is 4.32. The van der Waals surface area contributed by atoms with E-state index in [1.807, 2.05) is 6.07 Å². The molecule has 2 nitrogen and oxygen atoms in total. The van der Waals surface area contributed by atoms with Crippen molar-refractivity contribution < 1.29 is 8.81 Å². The predicted octanol–water partition coefficient (Wildman–Crippen LogP) is 2.60. The number of likely N-dealkylation sites (tertiary alicyclic amines) is 1. The molecule has 1 fully saturated rings. The van der Waals surface area contributed by atoms with E-state index in [9.17, 15) is 4.39 Å². The van der Waals surface area contributed by atoms with Gasteiger partial charge in [-0.3, -0.25) is 4.90 Å². The molecule has 1 saturated heterocycles. The van der Waals surface area contributed by atoms with Crippen molar-refractivity contribution in [3.63, 3.8) is 0 Å². The highest BCUT2D eigenvalue weighted by Gasteiger charge is 2.29. The van der Waals surface area contributed by atoms with E-state index in [0.29, 0.717) is 12.8 Å². The molecule has 1 aromatic rings. The Morgan fingerprint density at radius 3 is 2.79 bits per heavy atom. The third kappa shape index (κ3) is 2.35. The molecule has 0 radical (unpaired) electrons. The molecular weight excluding hydrogens is 181 g/mol. The summed E-state index contributed by atoms with van der Waals surface area (Å²) in [6.45, 7) is 4.27. The summed E-state index contributed by atoms with van der Waals surface area (Å²) in [5.74, 6) is 0. The van der Waals surface area contributed by atoms with Gasteiger partial charge < -0.3 is 4.42 Å². The summed E-state index contributed by atoms with van der Waals surface area (Å²) in [7, 11) is 0. The Balaban J connectivity index is 1.85. The first-order valence-corrected chi connectivity index (χ1v) is 5.08. The van der Waals surface area contributed by atoms with Crippen LogP contribution in [0.4, 0.5) is 4.39 Å². The SMILES string of the molecule is CC1(F)CCN(Cc2ccoc2)CC1. The second-order valence-electron chi connectivity index (χ2n) is 4.32. The van der Waals surface area contributed by atoms with Crippen LogP contribution in [0.15, 0.2) is 23.0 Å². The lowest BCUT2D eigenvalue weighted by Gasteiger charge is -2.33. The third-order valence-corrected chi connectivity index (χ3v) is 2.88. The van der Waals surface area contributed by atoms with Crippen molar-refractivity contribution in [2.75, 3.05) is 13.1 Å². The van der Waals surface area contributed by atoms with Crippen molar-refractivity contribution in [2.24, 2.45) is 0 Å². The number of furan rings is 1. The standard InChI is InChI=1S/C11H16FNO/c1-11(12)3-5-13(6-4-11)8-10-2-7-14-9-10/h2,7,9H,3-6,8H2,1H3. The van der Waals surface area contributed by atoms with Crippen molar-refractivity contribution in [3.8, 4) is 0 Å². The Morgan fingerprint density at radius 1 is 1.50 bits per heavy atom. The topological polar surface area (TPSA) is 16.4 Å². The molecular formula is C11H16FNO. The molecule has 0 atom stereocenters.